The summed E-state index contributed by atoms with van der Waals surface area (Å²) < 4.78 is 17.6. The third kappa shape index (κ3) is 7.36. The Morgan fingerprint density at radius 2 is 1.46 bits per heavy atom. The molecule has 41 heavy (non-hydrogen) atoms. The Balaban J connectivity index is 1.20. The van der Waals surface area contributed by atoms with Crippen molar-refractivity contribution in [3.05, 3.63) is 53.1 Å². The molecular formula is C31H41N7O3. The van der Waals surface area contributed by atoms with E-state index in [1.807, 2.05) is 18.2 Å². The van der Waals surface area contributed by atoms with Crippen molar-refractivity contribution < 1.29 is 14.2 Å². The van der Waals surface area contributed by atoms with Gasteiger partial charge in [-0.25, -0.2) is 5.43 Å². The summed E-state index contributed by atoms with van der Waals surface area (Å²) in [6, 6.07) is 12.0. The molecule has 218 valence electrons. The van der Waals surface area contributed by atoms with E-state index >= 15 is 0 Å². The van der Waals surface area contributed by atoms with E-state index in [-0.39, 0.29) is 0 Å². The first-order chi connectivity index (χ1) is 20.0. The molecule has 0 aliphatic carbocycles. The monoisotopic (exact) mass is 559 g/mol. The minimum Gasteiger partial charge on any atom is -0.493 e. The van der Waals surface area contributed by atoms with Gasteiger partial charge in [0.1, 0.15) is 19.0 Å². The Morgan fingerprint density at radius 1 is 0.829 bits per heavy atom. The maximum absolute atomic E-state index is 6.06. The van der Waals surface area contributed by atoms with E-state index in [1.165, 1.54) is 11.1 Å². The Labute approximate surface area is 242 Å². The second-order valence-corrected chi connectivity index (χ2v) is 10.8. The largest absolute Gasteiger partial charge is 0.493 e. The van der Waals surface area contributed by atoms with Gasteiger partial charge in [-0.1, -0.05) is 26.0 Å². The van der Waals surface area contributed by atoms with E-state index in [4.69, 9.17) is 19.2 Å². The van der Waals surface area contributed by atoms with Crippen LogP contribution in [-0.2, 0) is 0 Å². The normalized spacial score (nSPS) is 15.2. The standard InChI is InChI=1S/C31H41N7O3/c1-22(2)25-11-9-23(3)19-27(25)41-18-17-40-26-12-10-24(20-28(26)39-4)21-32-36-29-33-30(37-13-5-6-14-37)35-31(34-29)38-15-7-8-16-38/h9-12,19-22H,5-8,13-18H2,1-4H3,(H,33,34,35,36)/b32-21+. The van der Waals surface area contributed by atoms with Gasteiger partial charge in [-0.3, -0.25) is 0 Å². The van der Waals surface area contributed by atoms with Gasteiger partial charge in [0, 0.05) is 26.2 Å². The number of nitrogens with zero attached hydrogens (tertiary/aromatic N) is 6. The molecule has 10 heteroatoms. The van der Waals surface area contributed by atoms with E-state index in [1.54, 1.807) is 13.3 Å². The highest BCUT2D eigenvalue weighted by atomic mass is 16.5. The third-order valence-corrected chi connectivity index (χ3v) is 7.35. The summed E-state index contributed by atoms with van der Waals surface area (Å²) in [4.78, 5) is 18.5. The molecule has 10 nitrogen and oxygen atoms in total. The number of ether oxygens (including phenoxy) is 3. The van der Waals surface area contributed by atoms with Crippen LogP contribution in [0.4, 0.5) is 17.8 Å². The van der Waals surface area contributed by atoms with Gasteiger partial charge in [-0.05, 0) is 79.5 Å². The summed E-state index contributed by atoms with van der Waals surface area (Å²) in [5, 5.41) is 4.41. The molecular weight excluding hydrogens is 518 g/mol. The molecule has 0 amide bonds. The number of hydrogen-bond donors (Lipinski definition) is 1. The van der Waals surface area contributed by atoms with Crippen molar-refractivity contribution in [1.82, 2.24) is 15.0 Å². The van der Waals surface area contributed by atoms with E-state index in [9.17, 15) is 0 Å². The molecule has 0 atom stereocenters. The topological polar surface area (TPSA) is 97.2 Å². The number of aromatic nitrogens is 3. The van der Waals surface area contributed by atoms with Gasteiger partial charge < -0.3 is 24.0 Å². The van der Waals surface area contributed by atoms with Crippen LogP contribution in [0.3, 0.4) is 0 Å². The highest BCUT2D eigenvalue weighted by Gasteiger charge is 2.21. The van der Waals surface area contributed by atoms with Crippen LogP contribution in [0.25, 0.3) is 0 Å². The first-order valence-electron chi connectivity index (χ1n) is 14.6. The smallest absolute Gasteiger partial charge is 0.250 e. The van der Waals surface area contributed by atoms with Crippen molar-refractivity contribution in [2.24, 2.45) is 5.10 Å². The van der Waals surface area contributed by atoms with Gasteiger partial charge in [0.05, 0.1) is 13.3 Å². The molecule has 0 spiro atoms. The lowest BCUT2D eigenvalue weighted by Crippen LogP contribution is -2.25. The number of aryl methyl sites for hydroxylation is 1. The summed E-state index contributed by atoms with van der Waals surface area (Å²) in [5.74, 6) is 4.45. The molecule has 3 heterocycles. The molecule has 3 aromatic rings. The van der Waals surface area contributed by atoms with Gasteiger partial charge in [0.25, 0.3) is 0 Å². The lowest BCUT2D eigenvalue weighted by atomic mass is 10.0. The SMILES string of the molecule is COc1cc(/C=N/Nc2nc(N3CCCC3)nc(N3CCCC3)n2)ccc1OCCOc1cc(C)ccc1C(C)C. The number of nitrogens with one attached hydrogen (secondary N) is 1. The van der Waals surface area contributed by atoms with Crippen LogP contribution in [-0.4, -0.2) is 67.7 Å². The van der Waals surface area contributed by atoms with Crippen molar-refractivity contribution in [2.75, 3.05) is 61.7 Å². The molecule has 2 aliphatic rings. The summed E-state index contributed by atoms with van der Waals surface area (Å²) in [7, 11) is 1.63. The number of hydrogen-bond acceptors (Lipinski definition) is 10. The van der Waals surface area contributed by atoms with Crippen LogP contribution >= 0.6 is 0 Å². The number of hydrazone groups is 1. The van der Waals surface area contributed by atoms with Gasteiger partial charge in [0.2, 0.25) is 17.8 Å². The van der Waals surface area contributed by atoms with Gasteiger partial charge in [0.15, 0.2) is 11.5 Å². The predicted molar refractivity (Wildman–Crippen MR) is 163 cm³/mol. The summed E-state index contributed by atoms with van der Waals surface area (Å²) in [6.45, 7) is 11.1. The Bertz CT molecular complexity index is 1300. The van der Waals surface area contributed by atoms with Crippen LogP contribution < -0.4 is 29.4 Å². The highest BCUT2D eigenvalue weighted by molar-refractivity contribution is 5.81. The average molecular weight is 560 g/mol. The van der Waals surface area contributed by atoms with Crippen molar-refractivity contribution in [2.45, 2.75) is 52.4 Å². The molecule has 0 radical (unpaired) electrons. The van der Waals surface area contributed by atoms with Crippen LogP contribution in [0.15, 0.2) is 41.5 Å². The molecule has 0 saturated carbocycles. The number of methoxy groups -OCH3 is 1. The van der Waals surface area contributed by atoms with Crippen molar-refractivity contribution in [3.63, 3.8) is 0 Å². The number of rotatable bonds is 12. The third-order valence-electron chi connectivity index (χ3n) is 7.35. The molecule has 1 N–H and O–H groups in total. The molecule has 2 aromatic carbocycles. The number of anilines is 3. The molecule has 2 saturated heterocycles. The van der Waals surface area contributed by atoms with Crippen LogP contribution in [0.2, 0.25) is 0 Å². The van der Waals surface area contributed by atoms with Crippen LogP contribution in [0, 0.1) is 6.92 Å². The fourth-order valence-electron chi connectivity index (χ4n) is 5.12. The quantitative estimate of drug-likeness (QED) is 0.177. The van der Waals surface area contributed by atoms with E-state index in [0.29, 0.717) is 48.5 Å². The maximum atomic E-state index is 6.06. The zero-order valence-corrected chi connectivity index (χ0v) is 24.6. The average Bonchev–Trinajstić information content (AvgIpc) is 3.71. The van der Waals surface area contributed by atoms with Gasteiger partial charge in [-0.15, -0.1) is 0 Å². The lowest BCUT2D eigenvalue weighted by molar-refractivity contribution is 0.210. The van der Waals surface area contributed by atoms with Crippen LogP contribution in [0.1, 0.15) is 62.1 Å². The van der Waals surface area contributed by atoms with E-state index < -0.39 is 0 Å². The van der Waals surface area contributed by atoms with E-state index in [0.717, 1.165) is 63.2 Å². The summed E-state index contributed by atoms with van der Waals surface area (Å²) >= 11 is 0. The fourth-order valence-corrected chi connectivity index (χ4v) is 5.12. The molecule has 0 bridgehead atoms. The van der Waals surface area contributed by atoms with E-state index in [2.05, 4.69) is 69.3 Å². The Morgan fingerprint density at radius 3 is 2.07 bits per heavy atom. The molecule has 1 aromatic heterocycles. The van der Waals surface area contributed by atoms with Crippen molar-refractivity contribution in [1.29, 1.82) is 0 Å². The summed E-state index contributed by atoms with van der Waals surface area (Å²) in [5.41, 5.74) is 6.24. The minimum atomic E-state index is 0.389. The highest BCUT2D eigenvalue weighted by Crippen LogP contribution is 2.29. The van der Waals surface area contributed by atoms with Crippen molar-refractivity contribution >= 4 is 24.1 Å². The fraction of sp³-hybridized carbons (Fsp3) is 0.484. The maximum Gasteiger partial charge on any atom is 0.250 e. The minimum absolute atomic E-state index is 0.389. The first-order valence-corrected chi connectivity index (χ1v) is 14.6. The molecule has 2 fully saturated rings. The second kappa shape index (κ2) is 13.5. The van der Waals surface area contributed by atoms with Crippen molar-refractivity contribution in [3.8, 4) is 17.2 Å². The Kier molecular flexibility index (Phi) is 9.38. The predicted octanol–water partition coefficient (Wildman–Crippen LogP) is 5.42. The summed E-state index contributed by atoms with van der Waals surface area (Å²) in [6.07, 6.45) is 6.35. The molecule has 2 aliphatic heterocycles. The number of benzene rings is 2. The molecule has 0 unspecified atom stereocenters. The second-order valence-electron chi connectivity index (χ2n) is 10.8. The zero-order valence-electron chi connectivity index (χ0n) is 24.6. The zero-order chi connectivity index (χ0) is 28.6. The molecule has 5 rings (SSSR count). The van der Waals surface area contributed by atoms with Gasteiger partial charge >= 0.3 is 0 Å². The van der Waals surface area contributed by atoms with Gasteiger partial charge in [-0.2, -0.15) is 20.1 Å². The first kappa shape index (κ1) is 28.4. The Hall–Kier alpha value is -4.08. The van der Waals surface area contributed by atoms with Crippen LogP contribution in [0.5, 0.6) is 17.2 Å². The lowest BCUT2D eigenvalue weighted by Gasteiger charge is -2.20.